The number of benzene rings is 2. The number of carbonyl (C=O) groups excluding carboxylic acids is 1. The van der Waals surface area contributed by atoms with E-state index in [4.69, 9.17) is 23.2 Å². The van der Waals surface area contributed by atoms with Crippen LogP contribution in [0.25, 0.3) is 10.9 Å². The summed E-state index contributed by atoms with van der Waals surface area (Å²) in [6.07, 6.45) is 1.67. The first-order valence-corrected chi connectivity index (χ1v) is 6.74. The van der Waals surface area contributed by atoms with E-state index < -0.39 is 0 Å². The maximum atomic E-state index is 12.3. The maximum Gasteiger partial charge on any atom is 0.257 e. The molecule has 3 aromatic rings. The lowest BCUT2D eigenvalue weighted by atomic mass is 10.1. The lowest BCUT2D eigenvalue weighted by molar-refractivity contribution is 0.102. The number of fused-ring (bicyclic) bond motifs is 1. The Hall–Kier alpha value is -1.97. The molecule has 0 atom stereocenters. The van der Waals surface area contributed by atoms with Crippen LogP contribution in [0, 0.1) is 0 Å². The molecule has 0 bridgehead atoms. The van der Waals surface area contributed by atoms with Crippen molar-refractivity contribution < 1.29 is 4.79 Å². The molecule has 3 rings (SSSR count). The minimum atomic E-state index is -0.252. The summed E-state index contributed by atoms with van der Waals surface area (Å²) in [5.41, 5.74) is 1.88. The predicted octanol–water partition coefficient (Wildman–Crippen LogP) is 4.73. The molecule has 0 aliphatic rings. The summed E-state index contributed by atoms with van der Waals surface area (Å²) in [4.78, 5) is 15.4. The standard InChI is InChI=1S/C15H10Cl2N2O/c16-11-5-3-6-12(17)14(11)19-15(20)10-8-18-13-7-2-1-4-9(10)13/h1-8,18H,(H,19,20). The zero-order valence-electron chi connectivity index (χ0n) is 10.3. The summed E-state index contributed by atoms with van der Waals surface area (Å²) in [6.45, 7) is 0. The zero-order chi connectivity index (χ0) is 14.1. The molecule has 0 unspecified atom stereocenters. The molecule has 5 heteroatoms. The van der Waals surface area contributed by atoms with Crippen LogP contribution in [-0.2, 0) is 0 Å². The fourth-order valence-corrected chi connectivity index (χ4v) is 2.55. The molecule has 0 radical (unpaired) electrons. The first-order chi connectivity index (χ1) is 9.66. The zero-order valence-corrected chi connectivity index (χ0v) is 11.8. The van der Waals surface area contributed by atoms with Gasteiger partial charge in [0.1, 0.15) is 0 Å². The monoisotopic (exact) mass is 304 g/mol. The summed E-state index contributed by atoms with van der Waals surface area (Å²) < 4.78 is 0. The van der Waals surface area contributed by atoms with Gasteiger partial charge in [-0.1, -0.05) is 47.5 Å². The summed E-state index contributed by atoms with van der Waals surface area (Å²) in [5, 5.41) is 4.42. The highest BCUT2D eigenvalue weighted by molar-refractivity contribution is 6.40. The second-order valence-electron chi connectivity index (χ2n) is 4.30. The molecule has 100 valence electrons. The molecule has 1 amide bonds. The first kappa shape index (κ1) is 13.0. The van der Waals surface area contributed by atoms with Crippen LogP contribution in [0.1, 0.15) is 10.4 Å². The summed E-state index contributed by atoms with van der Waals surface area (Å²) in [5.74, 6) is -0.252. The Labute approximate surface area is 125 Å². The minimum Gasteiger partial charge on any atom is -0.360 e. The number of carbonyl (C=O) groups is 1. The average molecular weight is 305 g/mol. The van der Waals surface area contributed by atoms with Crippen molar-refractivity contribution in [2.75, 3.05) is 5.32 Å². The third-order valence-electron chi connectivity index (χ3n) is 3.04. The van der Waals surface area contributed by atoms with E-state index in [9.17, 15) is 4.79 Å². The largest absolute Gasteiger partial charge is 0.360 e. The number of hydrogen-bond acceptors (Lipinski definition) is 1. The second kappa shape index (κ2) is 5.19. The van der Waals surface area contributed by atoms with Gasteiger partial charge in [-0.05, 0) is 18.2 Å². The first-order valence-electron chi connectivity index (χ1n) is 5.98. The van der Waals surface area contributed by atoms with Gasteiger partial charge in [-0.15, -0.1) is 0 Å². The molecular formula is C15H10Cl2N2O. The quantitative estimate of drug-likeness (QED) is 0.706. The van der Waals surface area contributed by atoms with Gasteiger partial charge in [-0.25, -0.2) is 0 Å². The van der Waals surface area contributed by atoms with E-state index in [-0.39, 0.29) is 5.91 Å². The number of para-hydroxylation sites is 2. The molecule has 0 saturated carbocycles. The molecule has 0 saturated heterocycles. The molecule has 3 nitrogen and oxygen atoms in total. The van der Waals surface area contributed by atoms with Crippen molar-refractivity contribution in [3.05, 3.63) is 64.3 Å². The van der Waals surface area contributed by atoms with Gasteiger partial charge in [0.05, 0.1) is 21.3 Å². The fourth-order valence-electron chi connectivity index (χ4n) is 2.06. The normalized spacial score (nSPS) is 10.7. The van der Waals surface area contributed by atoms with E-state index >= 15 is 0 Å². The smallest absolute Gasteiger partial charge is 0.257 e. The summed E-state index contributed by atoms with van der Waals surface area (Å²) in [7, 11) is 0. The highest BCUT2D eigenvalue weighted by Crippen LogP contribution is 2.30. The maximum absolute atomic E-state index is 12.3. The Bertz CT molecular complexity index is 775. The SMILES string of the molecule is O=C(Nc1c(Cl)cccc1Cl)c1c[nH]c2ccccc12. The number of H-pyrrole nitrogens is 1. The highest BCUT2D eigenvalue weighted by Gasteiger charge is 2.14. The van der Waals surface area contributed by atoms with Gasteiger partial charge in [-0.3, -0.25) is 4.79 Å². The van der Waals surface area contributed by atoms with Crippen molar-refractivity contribution in [1.82, 2.24) is 4.98 Å². The number of halogens is 2. The molecule has 1 heterocycles. The van der Waals surface area contributed by atoms with Gasteiger partial charge in [-0.2, -0.15) is 0 Å². The number of nitrogens with one attached hydrogen (secondary N) is 2. The lowest BCUT2D eigenvalue weighted by Gasteiger charge is -2.08. The van der Waals surface area contributed by atoms with Crippen LogP contribution < -0.4 is 5.32 Å². The van der Waals surface area contributed by atoms with Gasteiger partial charge in [0.25, 0.3) is 5.91 Å². The molecular weight excluding hydrogens is 295 g/mol. The molecule has 2 N–H and O–H groups in total. The van der Waals surface area contributed by atoms with E-state index in [1.807, 2.05) is 24.3 Å². The Morgan fingerprint density at radius 2 is 1.70 bits per heavy atom. The topological polar surface area (TPSA) is 44.9 Å². The minimum absolute atomic E-state index is 0.252. The van der Waals surface area contributed by atoms with Crippen molar-refractivity contribution in [2.45, 2.75) is 0 Å². The van der Waals surface area contributed by atoms with E-state index in [1.165, 1.54) is 0 Å². The molecule has 0 aliphatic heterocycles. The Balaban J connectivity index is 1.98. The molecule has 2 aromatic carbocycles. The second-order valence-corrected chi connectivity index (χ2v) is 5.11. The summed E-state index contributed by atoms with van der Waals surface area (Å²) >= 11 is 12.1. The van der Waals surface area contributed by atoms with Gasteiger partial charge in [0.15, 0.2) is 0 Å². The van der Waals surface area contributed by atoms with Crippen LogP contribution in [-0.4, -0.2) is 10.9 Å². The van der Waals surface area contributed by atoms with Crippen molar-refractivity contribution in [2.24, 2.45) is 0 Å². The number of amides is 1. The molecule has 20 heavy (non-hydrogen) atoms. The fraction of sp³-hybridized carbons (Fsp3) is 0. The number of aromatic nitrogens is 1. The molecule has 0 fully saturated rings. The Kier molecular flexibility index (Phi) is 3.38. The van der Waals surface area contributed by atoms with Crippen LogP contribution in [0.5, 0.6) is 0 Å². The third-order valence-corrected chi connectivity index (χ3v) is 3.67. The van der Waals surface area contributed by atoms with E-state index in [0.717, 1.165) is 10.9 Å². The van der Waals surface area contributed by atoms with Crippen LogP contribution >= 0.6 is 23.2 Å². The molecule has 0 aliphatic carbocycles. The van der Waals surface area contributed by atoms with Gasteiger partial charge >= 0.3 is 0 Å². The Morgan fingerprint density at radius 1 is 1.00 bits per heavy atom. The average Bonchev–Trinajstić information content (AvgIpc) is 2.87. The van der Waals surface area contributed by atoms with Crippen molar-refractivity contribution >= 4 is 45.7 Å². The van der Waals surface area contributed by atoms with Crippen LogP contribution in [0.3, 0.4) is 0 Å². The van der Waals surface area contributed by atoms with Crippen molar-refractivity contribution in [3.8, 4) is 0 Å². The molecule has 0 spiro atoms. The van der Waals surface area contributed by atoms with E-state index in [1.54, 1.807) is 24.4 Å². The summed E-state index contributed by atoms with van der Waals surface area (Å²) in [6, 6.07) is 12.7. The Morgan fingerprint density at radius 3 is 2.45 bits per heavy atom. The van der Waals surface area contributed by atoms with Gasteiger partial charge < -0.3 is 10.3 Å². The van der Waals surface area contributed by atoms with Gasteiger partial charge in [0, 0.05) is 17.1 Å². The predicted molar refractivity (Wildman–Crippen MR) is 82.7 cm³/mol. The highest BCUT2D eigenvalue weighted by atomic mass is 35.5. The third kappa shape index (κ3) is 2.26. The number of rotatable bonds is 2. The van der Waals surface area contributed by atoms with Crippen LogP contribution in [0.15, 0.2) is 48.7 Å². The van der Waals surface area contributed by atoms with Crippen LogP contribution in [0.4, 0.5) is 5.69 Å². The van der Waals surface area contributed by atoms with E-state index in [2.05, 4.69) is 10.3 Å². The van der Waals surface area contributed by atoms with Gasteiger partial charge in [0.2, 0.25) is 0 Å². The lowest BCUT2D eigenvalue weighted by Crippen LogP contribution is -2.12. The molecule has 1 aromatic heterocycles. The number of hydrogen-bond donors (Lipinski definition) is 2. The number of anilines is 1. The van der Waals surface area contributed by atoms with E-state index in [0.29, 0.717) is 21.3 Å². The van der Waals surface area contributed by atoms with Crippen molar-refractivity contribution in [3.63, 3.8) is 0 Å². The number of aromatic amines is 1. The van der Waals surface area contributed by atoms with Crippen LogP contribution in [0.2, 0.25) is 10.0 Å². The van der Waals surface area contributed by atoms with Crippen molar-refractivity contribution in [1.29, 1.82) is 0 Å².